The number of carbonyl (C=O) groups is 2. The van der Waals surface area contributed by atoms with Crippen LogP contribution >= 0.6 is 11.6 Å². The van der Waals surface area contributed by atoms with Crippen molar-refractivity contribution in [2.75, 3.05) is 5.32 Å². The van der Waals surface area contributed by atoms with Gasteiger partial charge in [-0.05, 0) is 32.0 Å². The molecule has 92 valence electrons. The van der Waals surface area contributed by atoms with E-state index in [9.17, 15) is 9.59 Å². The Morgan fingerprint density at radius 2 is 2.00 bits per heavy atom. The fourth-order valence-corrected chi connectivity index (χ4v) is 1.46. The first kappa shape index (κ1) is 13.3. The molecule has 6 heteroatoms. The zero-order chi connectivity index (χ0) is 13.0. The summed E-state index contributed by atoms with van der Waals surface area (Å²) in [4.78, 5) is 22.1. The van der Waals surface area contributed by atoms with E-state index in [0.717, 1.165) is 0 Å². The molecule has 1 aromatic carbocycles. The number of amides is 2. The average molecular weight is 257 g/mol. The Kier molecular flexibility index (Phi) is 4.34. The maximum absolute atomic E-state index is 11.4. The second-order valence-electron chi connectivity index (χ2n) is 3.75. The van der Waals surface area contributed by atoms with Gasteiger partial charge in [0.2, 0.25) is 0 Å². The van der Waals surface area contributed by atoms with Crippen LogP contribution in [0.5, 0.6) is 0 Å². The quantitative estimate of drug-likeness (QED) is 0.778. The van der Waals surface area contributed by atoms with Crippen LogP contribution in [0.3, 0.4) is 0 Å². The summed E-state index contributed by atoms with van der Waals surface area (Å²) in [6.07, 6.45) is 0. The standard InChI is InChI=1S/C11H13ClN2O3/c1-6(2)13-11(17)14-7-3-4-8(10(15)16)9(12)5-7/h3-6H,1-2H3,(H,15,16)(H2,13,14,17). The predicted molar refractivity (Wildman–Crippen MR) is 65.7 cm³/mol. The minimum absolute atomic E-state index is 0.00137. The topological polar surface area (TPSA) is 78.4 Å². The Morgan fingerprint density at radius 3 is 2.47 bits per heavy atom. The Bertz CT molecular complexity index is 446. The molecule has 5 nitrogen and oxygen atoms in total. The molecule has 0 atom stereocenters. The second-order valence-corrected chi connectivity index (χ2v) is 4.16. The van der Waals surface area contributed by atoms with Gasteiger partial charge in [-0.15, -0.1) is 0 Å². The smallest absolute Gasteiger partial charge is 0.337 e. The van der Waals surface area contributed by atoms with E-state index in [-0.39, 0.29) is 22.7 Å². The molecule has 0 spiro atoms. The van der Waals surface area contributed by atoms with Crippen molar-refractivity contribution in [2.45, 2.75) is 19.9 Å². The molecule has 0 aliphatic rings. The highest BCUT2D eigenvalue weighted by Crippen LogP contribution is 2.20. The number of carboxylic acids is 1. The van der Waals surface area contributed by atoms with Crippen molar-refractivity contribution >= 4 is 29.3 Å². The van der Waals surface area contributed by atoms with Crippen molar-refractivity contribution in [3.8, 4) is 0 Å². The molecule has 0 heterocycles. The highest BCUT2D eigenvalue weighted by molar-refractivity contribution is 6.33. The van der Waals surface area contributed by atoms with Gasteiger partial charge < -0.3 is 15.7 Å². The monoisotopic (exact) mass is 256 g/mol. The van der Waals surface area contributed by atoms with Crippen molar-refractivity contribution in [3.05, 3.63) is 28.8 Å². The molecule has 0 radical (unpaired) electrons. The van der Waals surface area contributed by atoms with E-state index in [1.165, 1.54) is 18.2 Å². The molecule has 0 saturated carbocycles. The van der Waals surface area contributed by atoms with Gasteiger partial charge in [0.25, 0.3) is 0 Å². The van der Waals surface area contributed by atoms with E-state index < -0.39 is 5.97 Å². The van der Waals surface area contributed by atoms with Crippen LogP contribution in [0.4, 0.5) is 10.5 Å². The van der Waals surface area contributed by atoms with E-state index in [0.29, 0.717) is 5.69 Å². The first-order valence-electron chi connectivity index (χ1n) is 5.00. The Hall–Kier alpha value is -1.75. The Balaban J connectivity index is 2.77. The SMILES string of the molecule is CC(C)NC(=O)Nc1ccc(C(=O)O)c(Cl)c1. The molecule has 17 heavy (non-hydrogen) atoms. The van der Waals surface area contributed by atoms with Gasteiger partial charge in [0, 0.05) is 11.7 Å². The number of rotatable bonds is 3. The fraction of sp³-hybridized carbons (Fsp3) is 0.273. The van der Waals surface area contributed by atoms with Crippen molar-refractivity contribution in [1.82, 2.24) is 5.32 Å². The third-order valence-electron chi connectivity index (χ3n) is 1.88. The van der Waals surface area contributed by atoms with Gasteiger partial charge in [0.15, 0.2) is 0 Å². The van der Waals surface area contributed by atoms with Gasteiger partial charge in [0.1, 0.15) is 0 Å². The minimum Gasteiger partial charge on any atom is -0.478 e. The Labute approximate surface area is 104 Å². The molecule has 0 aliphatic carbocycles. The van der Waals surface area contributed by atoms with E-state index in [4.69, 9.17) is 16.7 Å². The number of benzene rings is 1. The van der Waals surface area contributed by atoms with Crippen LogP contribution in [0.15, 0.2) is 18.2 Å². The molecular weight excluding hydrogens is 244 g/mol. The first-order chi connectivity index (χ1) is 7.90. The van der Waals surface area contributed by atoms with Crippen LogP contribution < -0.4 is 10.6 Å². The highest BCUT2D eigenvalue weighted by atomic mass is 35.5. The summed E-state index contributed by atoms with van der Waals surface area (Å²) in [7, 11) is 0. The largest absolute Gasteiger partial charge is 0.478 e. The number of anilines is 1. The van der Waals surface area contributed by atoms with Crippen LogP contribution in [0, 0.1) is 0 Å². The van der Waals surface area contributed by atoms with Gasteiger partial charge in [-0.25, -0.2) is 9.59 Å². The number of hydrogen-bond acceptors (Lipinski definition) is 2. The lowest BCUT2D eigenvalue weighted by Gasteiger charge is -2.10. The molecule has 0 saturated heterocycles. The first-order valence-corrected chi connectivity index (χ1v) is 5.38. The van der Waals surface area contributed by atoms with Gasteiger partial charge in [-0.1, -0.05) is 11.6 Å². The van der Waals surface area contributed by atoms with E-state index >= 15 is 0 Å². The number of urea groups is 1. The zero-order valence-electron chi connectivity index (χ0n) is 9.45. The van der Waals surface area contributed by atoms with Crippen LogP contribution in [0.1, 0.15) is 24.2 Å². The number of halogens is 1. The van der Waals surface area contributed by atoms with E-state index in [2.05, 4.69) is 10.6 Å². The molecule has 2 amide bonds. The van der Waals surface area contributed by atoms with E-state index in [1.807, 2.05) is 13.8 Å². The minimum atomic E-state index is -1.10. The number of nitrogens with one attached hydrogen (secondary N) is 2. The third kappa shape index (κ3) is 3.96. The molecule has 0 bridgehead atoms. The summed E-state index contributed by atoms with van der Waals surface area (Å²) in [5, 5.41) is 14.0. The van der Waals surface area contributed by atoms with Crippen LogP contribution in [-0.2, 0) is 0 Å². The summed E-state index contributed by atoms with van der Waals surface area (Å²) in [6, 6.07) is 3.87. The fourth-order valence-electron chi connectivity index (χ4n) is 1.20. The molecule has 0 aromatic heterocycles. The molecular formula is C11H13ClN2O3. The third-order valence-corrected chi connectivity index (χ3v) is 2.19. The van der Waals surface area contributed by atoms with Gasteiger partial charge >= 0.3 is 12.0 Å². The number of carbonyl (C=O) groups excluding carboxylic acids is 1. The van der Waals surface area contributed by atoms with Crippen molar-refractivity contribution in [3.63, 3.8) is 0 Å². The summed E-state index contributed by atoms with van der Waals surface area (Å²) in [5.74, 6) is -1.10. The maximum Gasteiger partial charge on any atom is 0.337 e. The second kappa shape index (κ2) is 5.54. The van der Waals surface area contributed by atoms with Crippen molar-refractivity contribution < 1.29 is 14.7 Å². The molecule has 0 aliphatic heterocycles. The highest BCUT2D eigenvalue weighted by Gasteiger charge is 2.10. The molecule has 0 unspecified atom stereocenters. The van der Waals surface area contributed by atoms with Gasteiger partial charge in [-0.3, -0.25) is 0 Å². The van der Waals surface area contributed by atoms with Crippen molar-refractivity contribution in [2.24, 2.45) is 0 Å². The average Bonchev–Trinajstić information content (AvgIpc) is 2.15. The summed E-state index contributed by atoms with van der Waals surface area (Å²) in [5.41, 5.74) is 0.444. The molecule has 0 fully saturated rings. The van der Waals surface area contributed by atoms with Gasteiger partial charge in [-0.2, -0.15) is 0 Å². The Morgan fingerprint density at radius 1 is 1.35 bits per heavy atom. The lowest BCUT2D eigenvalue weighted by atomic mass is 10.2. The van der Waals surface area contributed by atoms with Crippen LogP contribution in [0.25, 0.3) is 0 Å². The zero-order valence-corrected chi connectivity index (χ0v) is 10.2. The van der Waals surface area contributed by atoms with Crippen molar-refractivity contribution in [1.29, 1.82) is 0 Å². The van der Waals surface area contributed by atoms with E-state index in [1.54, 1.807) is 0 Å². The number of aromatic carboxylic acids is 1. The normalized spacial score (nSPS) is 10.1. The summed E-state index contributed by atoms with van der Waals surface area (Å²) in [6.45, 7) is 3.67. The molecule has 3 N–H and O–H groups in total. The predicted octanol–water partition coefficient (Wildman–Crippen LogP) is 2.57. The lowest BCUT2D eigenvalue weighted by Crippen LogP contribution is -2.34. The van der Waals surface area contributed by atoms with Crippen LogP contribution in [-0.4, -0.2) is 23.1 Å². The molecule has 1 aromatic rings. The lowest BCUT2D eigenvalue weighted by molar-refractivity contribution is 0.0697. The molecule has 1 rings (SSSR count). The summed E-state index contributed by atoms with van der Waals surface area (Å²) < 4.78 is 0. The summed E-state index contributed by atoms with van der Waals surface area (Å²) >= 11 is 5.76. The number of carboxylic acid groups (broad SMARTS) is 1. The maximum atomic E-state index is 11.4. The van der Waals surface area contributed by atoms with Gasteiger partial charge in [0.05, 0.1) is 10.6 Å². The van der Waals surface area contributed by atoms with Crippen LogP contribution in [0.2, 0.25) is 5.02 Å². The number of hydrogen-bond donors (Lipinski definition) is 3.